The number of rotatable bonds is 4. The van der Waals surface area contributed by atoms with Gasteiger partial charge in [0.1, 0.15) is 12.2 Å². The third-order valence-corrected chi connectivity index (χ3v) is 4.67. The van der Waals surface area contributed by atoms with E-state index in [1.165, 1.54) is 0 Å². The fourth-order valence-corrected chi connectivity index (χ4v) is 3.25. The molecule has 1 saturated heterocycles. The van der Waals surface area contributed by atoms with Crippen molar-refractivity contribution in [2.75, 3.05) is 13.2 Å². The van der Waals surface area contributed by atoms with Crippen molar-refractivity contribution in [1.82, 2.24) is 0 Å². The van der Waals surface area contributed by atoms with Crippen LogP contribution >= 0.6 is 0 Å². The first kappa shape index (κ1) is 11.3. The molecule has 3 heteroatoms. The number of esters is 1. The highest BCUT2D eigenvalue weighted by molar-refractivity contribution is 5.74. The van der Waals surface area contributed by atoms with Crippen LogP contribution in [0.2, 0.25) is 0 Å². The van der Waals surface area contributed by atoms with Gasteiger partial charge in [-0.25, -0.2) is 0 Å². The molecule has 3 nitrogen and oxygen atoms in total. The van der Waals surface area contributed by atoms with Crippen molar-refractivity contribution in [3.8, 4) is 0 Å². The number of hydrogen-bond acceptors (Lipinski definition) is 3. The highest BCUT2D eigenvalue weighted by Gasteiger charge is 2.43. The zero-order valence-corrected chi connectivity index (χ0v) is 10.4. The lowest BCUT2D eigenvalue weighted by atomic mass is 9.92. The Kier molecular flexibility index (Phi) is 2.74. The Morgan fingerprint density at radius 3 is 2.76 bits per heavy atom. The van der Waals surface area contributed by atoms with E-state index in [0.29, 0.717) is 18.4 Å². The molecule has 2 fully saturated rings. The Morgan fingerprint density at radius 1 is 1.47 bits per heavy atom. The van der Waals surface area contributed by atoms with E-state index in [4.69, 9.17) is 9.47 Å². The molecule has 94 valence electrons. The first-order chi connectivity index (χ1) is 8.22. The third-order valence-electron chi connectivity index (χ3n) is 4.67. The molecule has 0 aromatic carbocycles. The van der Waals surface area contributed by atoms with Crippen molar-refractivity contribution in [1.29, 1.82) is 0 Å². The average Bonchev–Trinajstić information content (AvgIpc) is 2.89. The van der Waals surface area contributed by atoms with Crippen LogP contribution in [0.3, 0.4) is 0 Å². The maximum Gasteiger partial charge on any atom is 0.309 e. The fraction of sp³-hybridized carbons (Fsp3) is 0.786. The summed E-state index contributed by atoms with van der Waals surface area (Å²) in [4.78, 5) is 12.0. The van der Waals surface area contributed by atoms with Crippen molar-refractivity contribution in [2.45, 2.75) is 38.2 Å². The molecular weight excluding hydrogens is 216 g/mol. The topological polar surface area (TPSA) is 35.5 Å². The number of ether oxygens (including phenoxy) is 2. The second kappa shape index (κ2) is 4.13. The van der Waals surface area contributed by atoms with Crippen molar-refractivity contribution in [3.63, 3.8) is 0 Å². The van der Waals surface area contributed by atoms with Gasteiger partial charge in [0.25, 0.3) is 0 Å². The number of carbonyl (C=O) groups is 1. The largest absolute Gasteiger partial charge is 0.462 e. The Labute approximate surface area is 102 Å². The monoisotopic (exact) mass is 236 g/mol. The highest BCUT2D eigenvalue weighted by atomic mass is 16.6. The molecule has 3 aliphatic rings. The van der Waals surface area contributed by atoms with E-state index in [0.717, 1.165) is 32.3 Å². The van der Waals surface area contributed by atoms with Gasteiger partial charge >= 0.3 is 5.97 Å². The Hall–Kier alpha value is -0.830. The summed E-state index contributed by atoms with van der Waals surface area (Å²) in [5.74, 6) is 1.16. The van der Waals surface area contributed by atoms with E-state index in [1.54, 1.807) is 0 Å². The standard InChI is InChI=1S/C14H20O3/c1-2-14(5-6-17-14)9-16-13(15)12-8-10-3-4-11(12)7-10/h3-4,10-12H,2,5-9H2,1H3. The fourth-order valence-electron chi connectivity index (χ4n) is 3.25. The van der Waals surface area contributed by atoms with Crippen molar-refractivity contribution < 1.29 is 14.3 Å². The molecular formula is C14H20O3. The quantitative estimate of drug-likeness (QED) is 0.555. The summed E-state index contributed by atoms with van der Waals surface area (Å²) < 4.78 is 11.0. The van der Waals surface area contributed by atoms with Gasteiger partial charge in [0.05, 0.1) is 12.5 Å². The minimum atomic E-state index is -0.164. The third kappa shape index (κ3) is 1.90. The summed E-state index contributed by atoms with van der Waals surface area (Å²) in [5.41, 5.74) is -0.164. The molecule has 0 aromatic heterocycles. The van der Waals surface area contributed by atoms with Crippen LogP contribution in [0.25, 0.3) is 0 Å². The summed E-state index contributed by atoms with van der Waals surface area (Å²) >= 11 is 0. The van der Waals surface area contributed by atoms with E-state index in [1.807, 2.05) is 0 Å². The van der Waals surface area contributed by atoms with Gasteiger partial charge in [0.2, 0.25) is 0 Å². The van der Waals surface area contributed by atoms with Gasteiger partial charge in [-0.3, -0.25) is 4.79 Å². The Balaban J connectivity index is 1.52. The second-order valence-electron chi connectivity index (χ2n) is 5.63. The summed E-state index contributed by atoms with van der Waals surface area (Å²) in [6.07, 6.45) is 8.52. The number of hydrogen-bond donors (Lipinski definition) is 0. The normalized spacial score (nSPS) is 42.5. The van der Waals surface area contributed by atoms with Gasteiger partial charge < -0.3 is 9.47 Å². The SMILES string of the molecule is CCC1(COC(=O)C2CC3C=CC2C3)CCO1. The molecule has 0 N–H and O–H groups in total. The minimum absolute atomic E-state index is 0.00910. The molecule has 4 unspecified atom stereocenters. The summed E-state index contributed by atoms with van der Waals surface area (Å²) in [6, 6.07) is 0. The van der Waals surface area contributed by atoms with E-state index >= 15 is 0 Å². The number of carbonyl (C=O) groups excluding carboxylic acids is 1. The summed E-state index contributed by atoms with van der Waals surface area (Å²) in [6.45, 7) is 3.34. The second-order valence-corrected chi connectivity index (χ2v) is 5.63. The summed E-state index contributed by atoms with van der Waals surface area (Å²) in [5, 5.41) is 0. The van der Waals surface area contributed by atoms with E-state index in [2.05, 4.69) is 19.1 Å². The summed E-state index contributed by atoms with van der Waals surface area (Å²) in [7, 11) is 0. The van der Waals surface area contributed by atoms with Crippen LogP contribution in [-0.4, -0.2) is 24.8 Å². The van der Waals surface area contributed by atoms with Gasteiger partial charge in [0, 0.05) is 6.42 Å². The maximum absolute atomic E-state index is 12.0. The lowest BCUT2D eigenvalue weighted by Gasteiger charge is -2.40. The molecule has 2 bridgehead atoms. The number of fused-ring (bicyclic) bond motifs is 2. The van der Waals surface area contributed by atoms with Crippen LogP contribution in [0.1, 0.15) is 32.6 Å². The Bertz CT molecular complexity index is 338. The first-order valence-corrected chi connectivity index (χ1v) is 6.71. The van der Waals surface area contributed by atoms with Crippen molar-refractivity contribution in [3.05, 3.63) is 12.2 Å². The number of allylic oxidation sites excluding steroid dienone is 2. The molecule has 0 amide bonds. The predicted octanol–water partition coefficient (Wildman–Crippen LogP) is 2.31. The zero-order valence-electron chi connectivity index (χ0n) is 10.4. The van der Waals surface area contributed by atoms with E-state index in [9.17, 15) is 4.79 Å². The first-order valence-electron chi connectivity index (χ1n) is 6.71. The van der Waals surface area contributed by atoms with Gasteiger partial charge in [-0.2, -0.15) is 0 Å². The van der Waals surface area contributed by atoms with Crippen LogP contribution in [0.15, 0.2) is 12.2 Å². The Morgan fingerprint density at radius 2 is 2.29 bits per heavy atom. The predicted molar refractivity (Wildman–Crippen MR) is 63.4 cm³/mol. The van der Waals surface area contributed by atoms with Crippen LogP contribution in [0.4, 0.5) is 0 Å². The van der Waals surface area contributed by atoms with E-state index in [-0.39, 0.29) is 17.5 Å². The molecule has 0 aromatic rings. The van der Waals surface area contributed by atoms with Crippen LogP contribution in [0.5, 0.6) is 0 Å². The van der Waals surface area contributed by atoms with Crippen molar-refractivity contribution >= 4 is 5.97 Å². The van der Waals surface area contributed by atoms with Crippen LogP contribution in [0, 0.1) is 17.8 Å². The molecule has 2 aliphatic carbocycles. The molecule has 4 atom stereocenters. The zero-order chi connectivity index (χ0) is 11.9. The van der Waals surface area contributed by atoms with Crippen LogP contribution in [-0.2, 0) is 14.3 Å². The molecule has 1 saturated carbocycles. The average molecular weight is 236 g/mol. The van der Waals surface area contributed by atoms with E-state index < -0.39 is 0 Å². The smallest absolute Gasteiger partial charge is 0.309 e. The van der Waals surface area contributed by atoms with Gasteiger partial charge in [0.15, 0.2) is 0 Å². The maximum atomic E-state index is 12.0. The molecule has 0 spiro atoms. The van der Waals surface area contributed by atoms with Gasteiger partial charge in [-0.1, -0.05) is 19.1 Å². The highest BCUT2D eigenvalue weighted by Crippen LogP contribution is 2.44. The van der Waals surface area contributed by atoms with Crippen LogP contribution < -0.4 is 0 Å². The molecule has 1 aliphatic heterocycles. The molecule has 3 rings (SSSR count). The molecule has 17 heavy (non-hydrogen) atoms. The lowest BCUT2D eigenvalue weighted by molar-refractivity contribution is -0.192. The van der Waals surface area contributed by atoms with Gasteiger partial charge in [-0.05, 0) is 31.1 Å². The minimum Gasteiger partial charge on any atom is -0.462 e. The molecule has 1 heterocycles. The lowest BCUT2D eigenvalue weighted by Crippen LogP contribution is -2.48. The van der Waals surface area contributed by atoms with Gasteiger partial charge in [-0.15, -0.1) is 0 Å². The van der Waals surface area contributed by atoms with Crippen molar-refractivity contribution in [2.24, 2.45) is 17.8 Å². The molecule has 0 radical (unpaired) electrons.